The van der Waals surface area contributed by atoms with E-state index in [9.17, 15) is 13.2 Å². The zero-order valence-electron chi connectivity index (χ0n) is 14.8. The van der Waals surface area contributed by atoms with Gasteiger partial charge in [0.15, 0.2) is 11.5 Å². The molecule has 1 aliphatic heterocycles. The molecule has 2 rings (SSSR count). The number of piperidine rings is 1. The standard InChI is InChI=1S/C17H23Cl2FN2O3S/c1-12(23)17(20,13-3-4-15(18)16(19)11-13)7-10-22-8-5-14(6-9-22)21-26(2,24)25/h3-4,11,14,21H,5-10H2,1-2H3. The first-order valence-electron chi connectivity index (χ1n) is 8.36. The Morgan fingerprint density at radius 1 is 1.31 bits per heavy atom. The number of ketones is 1. The molecule has 0 spiro atoms. The Balaban J connectivity index is 1.99. The number of hydrogen-bond acceptors (Lipinski definition) is 4. The van der Waals surface area contributed by atoms with E-state index in [0.717, 1.165) is 6.26 Å². The lowest BCUT2D eigenvalue weighted by atomic mass is 9.88. The highest BCUT2D eigenvalue weighted by Crippen LogP contribution is 2.35. The van der Waals surface area contributed by atoms with Crippen molar-refractivity contribution in [2.45, 2.75) is 37.9 Å². The third-order valence-electron chi connectivity index (χ3n) is 4.68. The molecule has 0 radical (unpaired) electrons. The van der Waals surface area contributed by atoms with Crippen LogP contribution in [0.25, 0.3) is 0 Å². The quantitative estimate of drug-likeness (QED) is 0.729. The van der Waals surface area contributed by atoms with Crippen molar-refractivity contribution in [1.29, 1.82) is 0 Å². The Morgan fingerprint density at radius 2 is 1.92 bits per heavy atom. The molecule has 26 heavy (non-hydrogen) atoms. The molecule has 1 heterocycles. The molecule has 1 aromatic carbocycles. The maximum atomic E-state index is 15.4. The van der Waals surface area contributed by atoms with Crippen LogP contribution in [0.15, 0.2) is 18.2 Å². The van der Waals surface area contributed by atoms with Gasteiger partial charge in [0.25, 0.3) is 0 Å². The number of likely N-dealkylation sites (tertiary alicyclic amines) is 1. The summed E-state index contributed by atoms with van der Waals surface area (Å²) in [5, 5.41) is 0.516. The van der Waals surface area contributed by atoms with E-state index in [1.54, 1.807) is 0 Å². The number of hydrogen-bond donors (Lipinski definition) is 1. The molecular weight excluding hydrogens is 402 g/mol. The summed E-state index contributed by atoms with van der Waals surface area (Å²) in [6.07, 6.45) is 2.45. The largest absolute Gasteiger partial charge is 0.303 e. The van der Waals surface area contributed by atoms with Gasteiger partial charge >= 0.3 is 0 Å². The second-order valence-corrected chi connectivity index (χ2v) is 9.34. The van der Waals surface area contributed by atoms with Gasteiger partial charge in [0, 0.05) is 19.0 Å². The molecule has 146 valence electrons. The number of alkyl halides is 1. The maximum absolute atomic E-state index is 15.4. The van der Waals surface area contributed by atoms with Gasteiger partial charge in [0.05, 0.1) is 16.3 Å². The minimum Gasteiger partial charge on any atom is -0.303 e. The van der Waals surface area contributed by atoms with Crippen LogP contribution in [0.4, 0.5) is 4.39 Å². The second-order valence-electron chi connectivity index (χ2n) is 6.74. The van der Waals surface area contributed by atoms with Gasteiger partial charge in [-0.3, -0.25) is 4.79 Å². The lowest BCUT2D eigenvalue weighted by Crippen LogP contribution is -2.45. The summed E-state index contributed by atoms with van der Waals surface area (Å²) in [7, 11) is -3.23. The maximum Gasteiger partial charge on any atom is 0.208 e. The first-order chi connectivity index (χ1) is 12.0. The molecule has 5 nitrogen and oxygen atoms in total. The number of nitrogens with one attached hydrogen (secondary N) is 1. The Morgan fingerprint density at radius 3 is 2.42 bits per heavy atom. The van der Waals surface area contributed by atoms with E-state index in [4.69, 9.17) is 23.2 Å². The summed E-state index contributed by atoms with van der Waals surface area (Å²) in [5.41, 5.74) is -1.93. The Kier molecular flexibility index (Phi) is 7.07. The van der Waals surface area contributed by atoms with E-state index in [-0.39, 0.29) is 23.0 Å². The van der Waals surface area contributed by atoms with E-state index in [1.165, 1.54) is 25.1 Å². The molecule has 0 aliphatic carbocycles. The van der Waals surface area contributed by atoms with Gasteiger partial charge in [-0.15, -0.1) is 0 Å². The number of halogens is 3. The average Bonchev–Trinajstić information content (AvgIpc) is 2.55. The van der Waals surface area contributed by atoms with Crippen molar-refractivity contribution < 1.29 is 17.6 Å². The van der Waals surface area contributed by atoms with Crippen LogP contribution in [0.1, 0.15) is 31.7 Å². The first kappa shape index (κ1) is 21.6. The molecule has 1 unspecified atom stereocenters. The molecule has 1 fully saturated rings. The molecule has 0 amide bonds. The SMILES string of the molecule is CC(=O)C(F)(CCN1CCC(NS(C)(=O)=O)CC1)c1ccc(Cl)c(Cl)c1. The number of nitrogens with zero attached hydrogens (tertiary/aromatic N) is 1. The van der Waals surface area contributed by atoms with Crippen LogP contribution in [0.3, 0.4) is 0 Å². The molecule has 0 aromatic heterocycles. The molecule has 0 bridgehead atoms. The predicted molar refractivity (Wildman–Crippen MR) is 102 cm³/mol. The van der Waals surface area contributed by atoms with Gasteiger partial charge in [0.2, 0.25) is 10.0 Å². The smallest absolute Gasteiger partial charge is 0.208 e. The average molecular weight is 425 g/mol. The molecule has 0 saturated carbocycles. The van der Waals surface area contributed by atoms with Crippen molar-refractivity contribution in [3.63, 3.8) is 0 Å². The Hall–Kier alpha value is -0.730. The van der Waals surface area contributed by atoms with E-state index in [2.05, 4.69) is 4.72 Å². The van der Waals surface area contributed by atoms with Crippen LogP contribution in [-0.4, -0.2) is 51.0 Å². The predicted octanol–water partition coefficient (Wildman–Crippen LogP) is 3.15. The molecule has 1 aliphatic rings. The fourth-order valence-corrected chi connectivity index (χ4v) is 4.29. The second kappa shape index (κ2) is 8.52. The molecule has 1 saturated heterocycles. The molecule has 1 atom stereocenters. The van der Waals surface area contributed by atoms with Crippen molar-refractivity contribution in [3.8, 4) is 0 Å². The number of benzene rings is 1. The van der Waals surface area contributed by atoms with Crippen molar-refractivity contribution in [3.05, 3.63) is 33.8 Å². The summed E-state index contributed by atoms with van der Waals surface area (Å²) < 4.78 is 40.6. The van der Waals surface area contributed by atoms with Gasteiger partial charge in [-0.05, 0) is 50.6 Å². The minimum atomic E-state index is -3.23. The van der Waals surface area contributed by atoms with Crippen LogP contribution >= 0.6 is 23.2 Å². The van der Waals surface area contributed by atoms with Crippen molar-refractivity contribution in [2.75, 3.05) is 25.9 Å². The van der Waals surface area contributed by atoms with Gasteiger partial charge in [-0.2, -0.15) is 0 Å². The van der Waals surface area contributed by atoms with E-state index in [0.29, 0.717) is 37.5 Å². The number of carbonyl (C=O) groups excluding carboxylic acids is 1. The van der Waals surface area contributed by atoms with Gasteiger partial charge in [-0.1, -0.05) is 29.3 Å². The van der Waals surface area contributed by atoms with Crippen molar-refractivity contribution in [2.24, 2.45) is 0 Å². The monoisotopic (exact) mass is 424 g/mol. The summed E-state index contributed by atoms with van der Waals surface area (Å²) in [4.78, 5) is 14.0. The number of carbonyl (C=O) groups is 1. The number of Topliss-reactive ketones (excluding diaryl/α,β-unsaturated/α-hetero) is 1. The third-order valence-corrected chi connectivity index (χ3v) is 6.18. The van der Waals surface area contributed by atoms with E-state index in [1.807, 2.05) is 4.90 Å². The van der Waals surface area contributed by atoms with Gasteiger partial charge < -0.3 is 4.90 Å². The number of rotatable bonds is 7. The molecule has 1 aromatic rings. The minimum absolute atomic E-state index is 0.00443. The van der Waals surface area contributed by atoms with Crippen LogP contribution in [0.2, 0.25) is 10.0 Å². The van der Waals surface area contributed by atoms with Gasteiger partial charge in [-0.25, -0.2) is 17.5 Å². The molecular formula is C17H23Cl2FN2O3S. The fraction of sp³-hybridized carbons (Fsp3) is 0.588. The van der Waals surface area contributed by atoms with Crippen LogP contribution in [0.5, 0.6) is 0 Å². The van der Waals surface area contributed by atoms with Crippen molar-refractivity contribution in [1.82, 2.24) is 9.62 Å². The number of sulfonamides is 1. The lowest BCUT2D eigenvalue weighted by molar-refractivity contribution is -0.129. The highest BCUT2D eigenvalue weighted by atomic mass is 35.5. The third kappa shape index (κ3) is 5.63. The summed E-state index contributed by atoms with van der Waals surface area (Å²) in [6.45, 7) is 2.90. The first-order valence-corrected chi connectivity index (χ1v) is 11.0. The summed E-state index contributed by atoms with van der Waals surface area (Å²) in [5.74, 6) is -0.579. The summed E-state index contributed by atoms with van der Waals surface area (Å²) >= 11 is 11.8. The zero-order valence-corrected chi connectivity index (χ0v) is 17.1. The van der Waals surface area contributed by atoms with Crippen LogP contribution in [0, 0.1) is 0 Å². The zero-order chi connectivity index (χ0) is 19.5. The summed E-state index contributed by atoms with van der Waals surface area (Å²) in [6, 6.07) is 4.27. The van der Waals surface area contributed by atoms with Crippen LogP contribution in [-0.2, 0) is 20.5 Å². The van der Waals surface area contributed by atoms with Gasteiger partial charge in [0.1, 0.15) is 0 Å². The normalized spacial score (nSPS) is 19.3. The molecule has 9 heteroatoms. The van der Waals surface area contributed by atoms with Crippen LogP contribution < -0.4 is 4.72 Å². The fourth-order valence-electron chi connectivity index (χ4n) is 3.16. The van der Waals surface area contributed by atoms with E-state index < -0.39 is 21.5 Å². The molecule has 1 N–H and O–H groups in total. The topological polar surface area (TPSA) is 66.5 Å². The van der Waals surface area contributed by atoms with Crippen molar-refractivity contribution >= 4 is 39.0 Å². The highest BCUT2D eigenvalue weighted by Gasteiger charge is 2.38. The lowest BCUT2D eigenvalue weighted by Gasteiger charge is -2.33. The Bertz CT molecular complexity index is 767. The van der Waals surface area contributed by atoms with E-state index >= 15 is 4.39 Å². The Labute approximate surface area is 163 Å². The highest BCUT2D eigenvalue weighted by molar-refractivity contribution is 7.88.